The summed E-state index contributed by atoms with van der Waals surface area (Å²) >= 11 is 0. The van der Waals surface area contributed by atoms with E-state index < -0.39 is 0 Å². The van der Waals surface area contributed by atoms with Gasteiger partial charge in [-0.1, -0.05) is 36.4 Å². The molecule has 32 heavy (non-hydrogen) atoms. The Balaban J connectivity index is 1.56. The van der Waals surface area contributed by atoms with Crippen LogP contribution in [0.2, 0.25) is 0 Å². The fourth-order valence-electron chi connectivity index (χ4n) is 5.42. The lowest BCUT2D eigenvalue weighted by molar-refractivity contribution is 0.0700. The third kappa shape index (κ3) is 3.99. The normalized spacial score (nSPS) is 19.5. The van der Waals surface area contributed by atoms with E-state index in [0.29, 0.717) is 30.5 Å². The third-order valence-corrected chi connectivity index (χ3v) is 7.05. The highest BCUT2D eigenvalue weighted by molar-refractivity contribution is 5.95. The number of hydrogen-bond donors (Lipinski definition) is 0. The van der Waals surface area contributed by atoms with Crippen LogP contribution >= 0.6 is 0 Å². The number of pyridine rings is 2. The van der Waals surface area contributed by atoms with Crippen molar-refractivity contribution in [2.75, 3.05) is 6.54 Å². The van der Waals surface area contributed by atoms with Crippen LogP contribution in [0.4, 0.5) is 0 Å². The second kappa shape index (κ2) is 8.73. The van der Waals surface area contributed by atoms with Crippen LogP contribution in [0.15, 0.2) is 65.6 Å². The molecule has 1 aliphatic carbocycles. The van der Waals surface area contributed by atoms with Crippen LogP contribution < -0.4 is 5.43 Å². The molecular formula is C27H29N3O2. The summed E-state index contributed by atoms with van der Waals surface area (Å²) in [6.45, 7) is 3.28. The van der Waals surface area contributed by atoms with E-state index in [1.165, 1.54) is 12.0 Å². The summed E-state index contributed by atoms with van der Waals surface area (Å²) in [4.78, 5) is 33.4. The van der Waals surface area contributed by atoms with Crippen molar-refractivity contribution < 1.29 is 4.79 Å². The minimum Gasteiger partial charge on any atom is -0.342 e. The molecule has 2 aliphatic rings. The van der Waals surface area contributed by atoms with E-state index in [1.54, 1.807) is 12.3 Å². The summed E-state index contributed by atoms with van der Waals surface area (Å²) in [7, 11) is 0. The molecule has 2 fully saturated rings. The van der Waals surface area contributed by atoms with Crippen LogP contribution in [0.25, 0.3) is 0 Å². The molecule has 0 N–H and O–H groups in total. The molecule has 2 bridgehead atoms. The first-order valence-corrected chi connectivity index (χ1v) is 11.6. The number of aromatic nitrogens is 2. The van der Waals surface area contributed by atoms with Crippen molar-refractivity contribution in [2.45, 2.75) is 51.6 Å². The SMILES string of the molecule is Cc1cc(=O)c(C(=O)N2C[C@H]3CC[C@H]2C3)c(CCc2ccccc2)n1Cc1ccccn1. The molecule has 2 aromatic heterocycles. The Morgan fingerprint density at radius 1 is 1.06 bits per heavy atom. The summed E-state index contributed by atoms with van der Waals surface area (Å²) in [5, 5.41) is 0. The Kier molecular flexibility index (Phi) is 5.64. The molecule has 0 spiro atoms. The van der Waals surface area contributed by atoms with E-state index in [4.69, 9.17) is 0 Å². The van der Waals surface area contributed by atoms with Crippen molar-refractivity contribution >= 4 is 5.91 Å². The van der Waals surface area contributed by atoms with Crippen LogP contribution in [0.3, 0.4) is 0 Å². The number of amides is 1. The summed E-state index contributed by atoms with van der Waals surface area (Å²) in [5.41, 5.74) is 4.01. The quantitative estimate of drug-likeness (QED) is 0.597. The first-order chi connectivity index (χ1) is 15.6. The lowest BCUT2D eigenvalue weighted by Gasteiger charge is -2.29. The highest BCUT2D eigenvalue weighted by atomic mass is 16.2. The van der Waals surface area contributed by atoms with Crippen LogP contribution in [0.1, 0.15) is 52.3 Å². The predicted molar refractivity (Wildman–Crippen MR) is 125 cm³/mol. The Hall–Kier alpha value is -3.21. The van der Waals surface area contributed by atoms with Gasteiger partial charge in [0.25, 0.3) is 5.91 Å². The zero-order valence-corrected chi connectivity index (χ0v) is 18.5. The first-order valence-electron chi connectivity index (χ1n) is 11.6. The molecule has 3 heterocycles. The summed E-state index contributed by atoms with van der Waals surface area (Å²) in [6.07, 6.45) is 6.54. The Bertz CT molecular complexity index is 1170. The van der Waals surface area contributed by atoms with E-state index in [2.05, 4.69) is 21.7 Å². The molecule has 3 aromatic rings. The molecule has 1 saturated heterocycles. The van der Waals surface area contributed by atoms with Gasteiger partial charge in [-0.15, -0.1) is 0 Å². The Morgan fingerprint density at radius 3 is 2.56 bits per heavy atom. The van der Waals surface area contributed by atoms with Crippen molar-refractivity contribution in [1.29, 1.82) is 0 Å². The number of rotatable bonds is 6. The molecule has 5 heteroatoms. The number of piperidine rings is 1. The van der Waals surface area contributed by atoms with Crippen molar-refractivity contribution in [3.63, 3.8) is 0 Å². The van der Waals surface area contributed by atoms with Gasteiger partial charge in [-0.25, -0.2) is 0 Å². The maximum absolute atomic E-state index is 13.7. The molecule has 164 valence electrons. The summed E-state index contributed by atoms with van der Waals surface area (Å²) in [6, 6.07) is 18.0. The minimum atomic E-state index is -0.157. The van der Waals surface area contributed by atoms with Crippen LogP contribution in [0, 0.1) is 12.8 Å². The van der Waals surface area contributed by atoms with Gasteiger partial charge in [-0.05, 0) is 62.6 Å². The first kappa shape index (κ1) is 20.7. The number of benzene rings is 1. The fourth-order valence-corrected chi connectivity index (χ4v) is 5.42. The number of carbonyl (C=O) groups excluding carboxylic acids is 1. The monoisotopic (exact) mass is 427 g/mol. The van der Waals surface area contributed by atoms with Crippen molar-refractivity contribution in [1.82, 2.24) is 14.5 Å². The number of likely N-dealkylation sites (tertiary alicyclic amines) is 1. The average Bonchev–Trinajstić information content (AvgIpc) is 3.45. The van der Waals surface area contributed by atoms with Gasteiger partial charge in [0.05, 0.1) is 12.2 Å². The summed E-state index contributed by atoms with van der Waals surface area (Å²) < 4.78 is 2.12. The van der Waals surface area contributed by atoms with Gasteiger partial charge in [0, 0.05) is 36.2 Å². The highest BCUT2D eigenvalue weighted by Gasteiger charge is 2.41. The van der Waals surface area contributed by atoms with Gasteiger partial charge in [-0.2, -0.15) is 0 Å². The largest absolute Gasteiger partial charge is 0.342 e. The smallest absolute Gasteiger partial charge is 0.259 e. The Morgan fingerprint density at radius 2 is 1.88 bits per heavy atom. The fraction of sp³-hybridized carbons (Fsp3) is 0.370. The van der Waals surface area contributed by atoms with E-state index >= 15 is 0 Å². The van der Waals surface area contributed by atoms with Crippen LogP contribution in [0.5, 0.6) is 0 Å². The topological polar surface area (TPSA) is 55.2 Å². The number of carbonyl (C=O) groups is 1. The molecule has 5 rings (SSSR count). The number of nitrogens with zero attached hydrogens (tertiary/aromatic N) is 3. The van der Waals surface area contributed by atoms with Gasteiger partial charge in [0.15, 0.2) is 5.43 Å². The average molecular weight is 428 g/mol. The zero-order valence-electron chi connectivity index (χ0n) is 18.5. The van der Waals surface area contributed by atoms with Gasteiger partial charge < -0.3 is 9.47 Å². The van der Waals surface area contributed by atoms with Crippen molar-refractivity contribution in [3.05, 3.63) is 99.2 Å². The van der Waals surface area contributed by atoms with E-state index in [9.17, 15) is 9.59 Å². The maximum atomic E-state index is 13.7. The van der Waals surface area contributed by atoms with Gasteiger partial charge in [0.2, 0.25) is 0 Å². The molecule has 1 aliphatic heterocycles. The van der Waals surface area contributed by atoms with E-state index in [1.807, 2.05) is 48.2 Å². The van der Waals surface area contributed by atoms with Gasteiger partial charge in [-0.3, -0.25) is 14.6 Å². The predicted octanol–water partition coefficient (Wildman–Crippen LogP) is 4.01. The number of aryl methyl sites for hydroxylation is 2. The molecule has 0 unspecified atom stereocenters. The standard InChI is InChI=1S/C27H29N3O2/c1-19-15-25(31)26(27(32)30-17-21-10-12-23(30)16-21)24(13-11-20-7-3-2-4-8-20)29(19)18-22-9-5-6-14-28-22/h2-9,14-15,21,23H,10-13,16-18H2,1H3/t21-,23-/m0/s1. The van der Waals surface area contributed by atoms with Gasteiger partial charge in [0.1, 0.15) is 5.56 Å². The molecule has 1 aromatic carbocycles. The van der Waals surface area contributed by atoms with Crippen LogP contribution in [-0.2, 0) is 19.4 Å². The molecule has 5 nitrogen and oxygen atoms in total. The number of hydrogen-bond acceptors (Lipinski definition) is 3. The number of fused-ring (bicyclic) bond motifs is 2. The minimum absolute atomic E-state index is 0.0833. The van der Waals surface area contributed by atoms with E-state index in [-0.39, 0.29) is 11.3 Å². The Labute approximate surface area is 188 Å². The van der Waals surface area contributed by atoms with E-state index in [0.717, 1.165) is 42.9 Å². The van der Waals surface area contributed by atoms with Crippen LogP contribution in [-0.4, -0.2) is 32.9 Å². The second-order valence-electron chi connectivity index (χ2n) is 9.15. The lowest BCUT2D eigenvalue weighted by Crippen LogP contribution is -2.41. The third-order valence-electron chi connectivity index (χ3n) is 7.05. The van der Waals surface area contributed by atoms with Crippen molar-refractivity contribution in [3.8, 4) is 0 Å². The zero-order chi connectivity index (χ0) is 22.1. The maximum Gasteiger partial charge on any atom is 0.259 e. The second-order valence-corrected chi connectivity index (χ2v) is 9.15. The summed E-state index contributed by atoms with van der Waals surface area (Å²) in [5.74, 6) is 0.512. The molecule has 1 saturated carbocycles. The molecule has 1 amide bonds. The molecular weight excluding hydrogens is 398 g/mol. The van der Waals surface area contributed by atoms with Gasteiger partial charge >= 0.3 is 0 Å². The molecule has 0 radical (unpaired) electrons. The lowest BCUT2D eigenvalue weighted by atomic mass is 10.0. The highest BCUT2D eigenvalue weighted by Crippen LogP contribution is 2.38. The van der Waals surface area contributed by atoms with Crippen molar-refractivity contribution in [2.24, 2.45) is 5.92 Å². The molecule has 2 atom stereocenters.